The van der Waals surface area contributed by atoms with Gasteiger partial charge in [0.2, 0.25) is 0 Å². The number of hydrogen-bond donors (Lipinski definition) is 2. The van der Waals surface area contributed by atoms with Crippen LogP contribution in [0.2, 0.25) is 0 Å². The largest absolute Gasteiger partial charge is 0.455 e. The number of aromatic nitrogens is 1. The third kappa shape index (κ3) is 6.32. The fraction of sp³-hybridized carbons (Fsp3) is 0.0400. The van der Waals surface area contributed by atoms with Crippen molar-refractivity contribution in [3.05, 3.63) is 199 Å². The minimum absolute atomic E-state index is 0.860. The first-order valence-electron chi connectivity index (χ1n) is 18.6. The van der Waals surface area contributed by atoms with Gasteiger partial charge >= 0.3 is 0 Å². The first kappa shape index (κ1) is 33.9. The summed E-state index contributed by atoms with van der Waals surface area (Å²) in [5.74, 6) is 6.00. The summed E-state index contributed by atoms with van der Waals surface area (Å²) in [5, 5.41) is 6.55. The van der Waals surface area contributed by atoms with E-state index in [-0.39, 0.29) is 0 Å². The highest BCUT2D eigenvalue weighted by atomic mass is 16.3. The summed E-state index contributed by atoms with van der Waals surface area (Å²) >= 11 is 0. The van der Waals surface area contributed by atoms with Crippen LogP contribution in [0, 0.1) is 13.8 Å². The molecule has 0 saturated carbocycles. The average molecular weight is 713 g/mol. The van der Waals surface area contributed by atoms with Crippen LogP contribution >= 0.6 is 0 Å². The number of hydrogen-bond acceptors (Lipinski definition) is 4. The smallest absolute Gasteiger partial charge is 0.143 e. The number of nitrogens with zero attached hydrogens (tertiary/aromatic N) is 2. The Hall–Kier alpha value is -6.92. The standard InChI is InChI=1S/C43H32N4O.C7H8/c1-28-21-23-36-37-24-22-30(27-40(37)46(39(36)25-28)31-12-4-2-5-13-31)34-17-10-20-41-42(34)38-19-9-18-35(43(38)48-41)29-11-8-16-33(26-29)47(45-44)32-14-6-3-7-15-32;1-7-5-3-2-4-6-7/h2-27,45H,44H2,1H3;2-6H,1H3. The first-order chi connectivity index (χ1) is 27.1. The van der Waals surface area contributed by atoms with Crippen LogP contribution in [0.15, 0.2) is 192 Å². The fourth-order valence-corrected chi connectivity index (χ4v) is 7.69. The molecule has 0 spiro atoms. The van der Waals surface area contributed by atoms with Crippen molar-refractivity contribution in [1.29, 1.82) is 0 Å². The van der Waals surface area contributed by atoms with Gasteiger partial charge in [0.05, 0.1) is 22.4 Å². The second-order valence-electron chi connectivity index (χ2n) is 13.9. The van der Waals surface area contributed by atoms with Gasteiger partial charge in [-0.3, -0.25) is 10.9 Å². The molecule has 3 N–H and O–H groups in total. The molecule has 0 saturated heterocycles. The monoisotopic (exact) mass is 712 g/mol. The summed E-state index contributed by atoms with van der Waals surface area (Å²) in [7, 11) is 0. The minimum Gasteiger partial charge on any atom is -0.455 e. The Kier molecular flexibility index (Phi) is 8.92. The van der Waals surface area contributed by atoms with Gasteiger partial charge in [-0.2, -0.15) is 5.53 Å². The molecule has 0 radical (unpaired) electrons. The van der Waals surface area contributed by atoms with Gasteiger partial charge in [-0.15, -0.1) is 0 Å². The van der Waals surface area contributed by atoms with E-state index in [0.29, 0.717) is 0 Å². The molecule has 266 valence electrons. The third-order valence-corrected chi connectivity index (χ3v) is 10.3. The Morgan fingerprint density at radius 1 is 0.491 bits per heavy atom. The second-order valence-corrected chi connectivity index (χ2v) is 13.9. The molecule has 0 unspecified atom stereocenters. The first-order valence-corrected chi connectivity index (χ1v) is 18.6. The third-order valence-electron chi connectivity index (χ3n) is 10.3. The molecule has 0 atom stereocenters. The normalized spacial score (nSPS) is 11.3. The zero-order valence-corrected chi connectivity index (χ0v) is 30.8. The van der Waals surface area contributed by atoms with Crippen LogP contribution in [0.5, 0.6) is 0 Å². The average Bonchev–Trinajstić information content (AvgIpc) is 3.78. The Labute approximate surface area is 320 Å². The van der Waals surface area contributed by atoms with E-state index < -0.39 is 0 Å². The molecule has 0 aliphatic heterocycles. The van der Waals surface area contributed by atoms with Crippen LogP contribution in [0.4, 0.5) is 11.4 Å². The molecular formula is C50H40N4O. The highest BCUT2D eigenvalue weighted by Gasteiger charge is 2.19. The van der Waals surface area contributed by atoms with Crippen molar-refractivity contribution in [2.45, 2.75) is 13.8 Å². The van der Waals surface area contributed by atoms with Crippen LogP contribution in [-0.4, -0.2) is 4.57 Å². The lowest BCUT2D eigenvalue weighted by Gasteiger charge is -2.23. The van der Waals surface area contributed by atoms with Gasteiger partial charge in [0.1, 0.15) is 11.2 Å². The van der Waals surface area contributed by atoms with Gasteiger partial charge in [0, 0.05) is 32.8 Å². The maximum Gasteiger partial charge on any atom is 0.143 e. The topological polar surface area (TPSA) is 59.4 Å². The minimum atomic E-state index is 0.860. The number of aryl methyl sites for hydroxylation is 2. The van der Waals surface area contributed by atoms with E-state index >= 15 is 0 Å². The van der Waals surface area contributed by atoms with Gasteiger partial charge < -0.3 is 8.98 Å². The van der Waals surface area contributed by atoms with E-state index in [1.54, 1.807) is 0 Å². The molecule has 5 nitrogen and oxygen atoms in total. The van der Waals surface area contributed by atoms with Crippen molar-refractivity contribution in [1.82, 2.24) is 10.1 Å². The lowest BCUT2D eigenvalue weighted by molar-refractivity contribution is 0.670. The number of furan rings is 1. The summed E-state index contributed by atoms with van der Waals surface area (Å²) in [4.78, 5) is 0. The summed E-state index contributed by atoms with van der Waals surface area (Å²) in [6.07, 6.45) is 0. The number of hydrazine groups is 2. The molecule has 0 aliphatic carbocycles. The maximum atomic E-state index is 6.69. The highest BCUT2D eigenvalue weighted by molar-refractivity contribution is 6.17. The van der Waals surface area contributed by atoms with Gasteiger partial charge in [0.25, 0.3) is 0 Å². The van der Waals surface area contributed by atoms with Crippen LogP contribution in [-0.2, 0) is 0 Å². The van der Waals surface area contributed by atoms with Gasteiger partial charge in [0.15, 0.2) is 0 Å². The van der Waals surface area contributed by atoms with E-state index in [0.717, 1.165) is 61.3 Å². The quantitative estimate of drug-likeness (QED) is 0.133. The molecule has 10 aromatic rings. The van der Waals surface area contributed by atoms with Gasteiger partial charge in [-0.1, -0.05) is 139 Å². The maximum absolute atomic E-state index is 6.69. The van der Waals surface area contributed by atoms with Crippen molar-refractivity contribution in [3.63, 3.8) is 0 Å². The molecule has 2 heterocycles. The summed E-state index contributed by atoms with van der Waals surface area (Å²) < 4.78 is 9.08. The Morgan fingerprint density at radius 2 is 1.11 bits per heavy atom. The Morgan fingerprint density at radius 3 is 1.84 bits per heavy atom. The van der Waals surface area contributed by atoms with E-state index in [1.165, 1.54) is 32.9 Å². The molecule has 2 aromatic heterocycles. The fourth-order valence-electron chi connectivity index (χ4n) is 7.69. The van der Waals surface area contributed by atoms with Crippen molar-refractivity contribution in [2.24, 2.45) is 5.84 Å². The van der Waals surface area contributed by atoms with Crippen molar-refractivity contribution < 1.29 is 4.42 Å². The number of nitrogens with two attached hydrogens (primary N) is 1. The lowest BCUT2D eigenvalue weighted by atomic mass is 9.96. The molecule has 0 fully saturated rings. The molecule has 5 heteroatoms. The SMILES string of the molecule is Cc1ccc2c3ccc(-c4cccc5oc6c(-c7cccc(N(NN)c8ccccc8)c7)cccc6c45)cc3n(-c3ccccc3)c2c1.Cc1ccccc1. The molecule has 0 amide bonds. The Bertz CT molecular complexity index is 2930. The van der Waals surface area contributed by atoms with E-state index in [4.69, 9.17) is 10.3 Å². The molecule has 55 heavy (non-hydrogen) atoms. The van der Waals surface area contributed by atoms with Crippen LogP contribution < -0.4 is 16.4 Å². The highest BCUT2D eigenvalue weighted by Crippen LogP contribution is 2.43. The second kappa shape index (κ2) is 14.5. The number of fused-ring (bicyclic) bond motifs is 6. The summed E-state index contributed by atoms with van der Waals surface area (Å²) in [5.41, 5.74) is 16.9. The van der Waals surface area contributed by atoms with E-state index in [9.17, 15) is 0 Å². The van der Waals surface area contributed by atoms with Gasteiger partial charge in [-0.05, 0) is 90.7 Å². The molecule has 8 aromatic carbocycles. The molecule has 0 bridgehead atoms. The lowest BCUT2D eigenvalue weighted by Crippen LogP contribution is -2.39. The number of nitrogens with one attached hydrogen (secondary N) is 1. The van der Waals surface area contributed by atoms with Crippen LogP contribution in [0.1, 0.15) is 11.1 Å². The predicted molar refractivity (Wildman–Crippen MR) is 231 cm³/mol. The zero-order valence-electron chi connectivity index (χ0n) is 30.8. The van der Waals surface area contributed by atoms with E-state index in [2.05, 4.69) is 151 Å². The zero-order chi connectivity index (χ0) is 37.3. The van der Waals surface area contributed by atoms with Crippen molar-refractivity contribution in [3.8, 4) is 27.9 Å². The van der Waals surface area contributed by atoms with Crippen molar-refractivity contribution >= 4 is 55.1 Å². The number of rotatable bonds is 6. The Balaban J connectivity index is 0.000000513. The number of benzene rings is 8. The molecule has 10 rings (SSSR count). The molecular weight excluding hydrogens is 673 g/mol. The predicted octanol–water partition coefficient (Wildman–Crippen LogP) is 12.8. The van der Waals surface area contributed by atoms with Crippen LogP contribution in [0.25, 0.3) is 71.7 Å². The van der Waals surface area contributed by atoms with Gasteiger partial charge in [-0.25, -0.2) is 0 Å². The number of anilines is 2. The van der Waals surface area contributed by atoms with Crippen LogP contribution in [0.3, 0.4) is 0 Å². The molecule has 0 aliphatic rings. The summed E-state index contributed by atoms with van der Waals surface area (Å²) in [6, 6.07) is 65.6. The number of para-hydroxylation sites is 3. The van der Waals surface area contributed by atoms with E-state index in [1.807, 2.05) is 65.7 Å². The van der Waals surface area contributed by atoms with Crippen molar-refractivity contribution in [2.75, 3.05) is 5.01 Å². The summed E-state index contributed by atoms with van der Waals surface area (Å²) in [6.45, 7) is 4.24.